The lowest BCUT2D eigenvalue weighted by atomic mass is 10.1. The van der Waals surface area contributed by atoms with Crippen molar-refractivity contribution in [3.05, 3.63) is 65.6 Å². The van der Waals surface area contributed by atoms with E-state index >= 15 is 0 Å². The van der Waals surface area contributed by atoms with E-state index in [1.54, 1.807) is 18.2 Å². The third-order valence-electron chi connectivity index (χ3n) is 3.09. The highest BCUT2D eigenvalue weighted by atomic mass is 19.1. The summed E-state index contributed by atoms with van der Waals surface area (Å²) in [7, 11) is 0. The molecule has 0 spiro atoms. The van der Waals surface area contributed by atoms with Gasteiger partial charge in [0.2, 0.25) is 0 Å². The Bertz CT molecular complexity index is 838. The summed E-state index contributed by atoms with van der Waals surface area (Å²) < 4.78 is 19.0. The van der Waals surface area contributed by atoms with Crippen molar-refractivity contribution < 1.29 is 9.13 Å². The van der Waals surface area contributed by atoms with Gasteiger partial charge in [0.05, 0.1) is 0 Å². The molecule has 1 aromatic heterocycles. The number of nitriles is 1. The molecule has 6 heteroatoms. The summed E-state index contributed by atoms with van der Waals surface area (Å²) in [6.45, 7) is 0.217. The van der Waals surface area contributed by atoms with E-state index in [1.807, 2.05) is 30.3 Å². The number of hydrogen-bond acceptors (Lipinski definition) is 4. The molecule has 0 aliphatic heterocycles. The fraction of sp³-hybridized carbons (Fsp3) is 0.0625. The SMILES string of the molecule is N#Cc1n[nH]nc1-c1cccc(COc2ccccc2F)c1. The number of para-hydroxylation sites is 1. The van der Waals surface area contributed by atoms with Gasteiger partial charge in [-0.1, -0.05) is 30.3 Å². The first-order chi connectivity index (χ1) is 10.8. The highest BCUT2D eigenvalue weighted by Gasteiger charge is 2.10. The van der Waals surface area contributed by atoms with Crippen molar-refractivity contribution in [2.45, 2.75) is 6.61 Å². The maximum absolute atomic E-state index is 13.5. The third kappa shape index (κ3) is 2.79. The zero-order chi connectivity index (χ0) is 15.4. The number of H-pyrrole nitrogens is 1. The minimum Gasteiger partial charge on any atom is -0.486 e. The van der Waals surface area contributed by atoms with Crippen LogP contribution in [-0.4, -0.2) is 15.4 Å². The van der Waals surface area contributed by atoms with Crippen LogP contribution in [0.1, 0.15) is 11.3 Å². The molecule has 1 N–H and O–H groups in total. The molecule has 0 unspecified atom stereocenters. The van der Waals surface area contributed by atoms with Crippen molar-refractivity contribution in [2.24, 2.45) is 0 Å². The van der Waals surface area contributed by atoms with Crippen LogP contribution in [0.5, 0.6) is 5.75 Å². The van der Waals surface area contributed by atoms with Gasteiger partial charge in [-0.05, 0) is 23.8 Å². The van der Waals surface area contributed by atoms with Crippen molar-refractivity contribution in [2.75, 3.05) is 0 Å². The first kappa shape index (κ1) is 13.8. The largest absolute Gasteiger partial charge is 0.486 e. The van der Waals surface area contributed by atoms with Gasteiger partial charge in [0, 0.05) is 5.56 Å². The quantitative estimate of drug-likeness (QED) is 0.802. The first-order valence-electron chi connectivity index (χ1n) is 6.55. The van der Waals surface area contributed by atoms with Crippen LogP contribution in [0.4, 0.5) is 4.39 Å². The molecule has 108 valence electrons. The molecule has 0 atom stereocenters. The zero-order valence-corrected chi connectivity index (χ0v) is 11.5. The number of rotatable bonds is 4. The van der Waals surface area contributed by atoms with Gasteiger partial charge in [-0.2, -0.15) is 15.6 Å². The van der Waals surface area contributed by atoms with Crippen molar-refractivity contribution in [3.8, 4) is 23.1 Å². The van der Waals surface area contributed by atoms with Crippen LogP contribution in [-0.2, 0) is 6.61 Å². The summed E-state index contributed by atoms with van der Waals surface area (Å²) in [6, 6.07) is 15.6. The molecule has 0 fully saturated rings. The number of aromatic amines is 1. The molecule has 0 radical (unpaired) electrons. The van der Waals surface area contributed by atoms with Gasteiger partial charge >= 0.3 is 0 Å². The van der Waals surface area contributed by atoms with Crippen molar-refractivity contribution in [1.82, 2.24) is 15.4 Å². The second-order valence-electron chi connectivity index (χ2n) is 4.55. The topological polar surface area (TPSA) is 74.6 Å². The minimum absolute atomic E-state index is 0.201. The number of nitrogens with zero attached hydrogens (tertiary/aromatic N) is 3. The standard InChI is InChI=1S/C16H11FN4O/c17-13-6-1-2-7-15(13)22-10-11-4-3-5-12(8-11)16-14(9-18)19-21-20-16/h1-8H,10H2,(H,19,20,21). The van der Waals surface area contributed by atoms with Crippen molar-refractivity contribution >= 4 is 0 Å². The molecular weight excluding hydrogens is 283 g/mol. The summed E-state index contributed by atoms with van der Waals surface area (Å²) in [6.07, 6.45) is 0. The van der Waals surface area contributed by atoms with Gasteiger partial charge in [0.25, 0.3) is 0 Å². The van der Waals surface area contributed by atoms with E-state index in [0.29, 0.717) is 5.69 Å². The number of ether oxygens (including phenoxy) is 1. The Morgan fingerprint density at radius 3 is 2.82 bits per heavy atom. The molecule has 22 heavy (non-hydrogen) atoms. The van der Waals surface area contributed by atoms with Gasteiger partial charge in [0.15, 0.2) is 17.3 Å². The Balaban J connectivity index is 1.81. The molecule has 1 heterocycles. The van der Waals surface area contributed by atoms with Gasteiger partial charge < -0.3 is 4.74 Å². The van der Waals surface area contributed by atoms with E-state index in [2.05, 4.69) is 15.4 Å². The number of benzene rings is 2. The lowest BCUT2D eigenvalue weighted by Crippen LogP contribution is -1.97. The molecule has 0 saturated carbocycles. The Kier molecular flexibility index (Phi) is 3.79. The Labute approximate surface area is 126 Å². The number of nitrogens with one attached hydrogen (secondary N) is 1. The maximum Gasteiger partial charge on any atom is 0.190 e. The zero-order valence-electron chi connectivity index (χ0n) is 11.5. The third-order valence-corrected chi connectivity index (χ3v) is 3.09. The molecule has 3 aromatic rings. The second kappa shape index (κ2) is 6.06. The number of halogens is 1. The van der Waals surface area contributed by atoms with Gasteiger partial charge in [0.1, 0.15) is 18.4 Å². The number of aromatic nitrogens is 3. The molecule has 5 nitrogen and oxygen atoms in total. The van der Waals surface area contributed by atoms with Gasteiger partial charge in [-0.15, -0.1) is 5.10 Å². The summed E-state index contributed by atoms with van der Waals surface area (Å²) in [5.74, 6) is -0.200. The molecule has 0 aliphatic rings. The van der Waals surface area contributed by atoms with Gasteiger partial charge in [-0.3, -0.25) is 0 Å². The van der Waals surface area contributed by atoms with Crippen LogP contribution in [0.15, 0.2) is 48.5 Å². The summed E-state index contributed by atoms with van der Waals surface area (Å²) in [5, 5.41) is 19.2. The minimum atomic E-state index is -0.401. The highest BCUT2D eigenvalue weighted by Crippen LogP contribution is 2.22. The number of hydrogen-bond donors (Lipinski definition) is 1. The summed E-state index contributed by atoms with van der Waals surface area (Å²) in [5.41, 5.74) is 2.30. The second-order valence-corrected chi connectivity index (χ2v) is 4.55. The molecule has 0 saturated heterocycles. The molecule has 0 aliphatic carbocycles. The van der Waals surface area contributed by atoms with E-state index in [-0.39, 0.29) is 18.1 Å². The van der Waals surface area contributed by atoms with E-state index in [4.69, 9.17) is 10.00 Å². The molecule has 3 rings (SSSR count). The van der Waals surface area contributed by atoms with E-state index in [0.717, 1.165) is 11.1 Å². The van der Waals surface area contributed by atoms with Crippen LogP contribution in [0, 0.1) is 17.1 Å². The molecule has 0 bridgehead atoms. The average molecular weight is 294 g/mol. The average Bonchev–Trinajstić information content (AvgIpc) is 3.03. The normalized spacial score (nSPS) is 10.2. The van der Waals surface area contributed by atoms with Crippen LogP contribution in [0.3, 0.4) is 0 Å². The highest BCUT2D eigenvalue weighted by molar-refractivity contribution is 5.64. The van der Waals surface area contributed by atoms with Crippen LogP contribution in [0.25, 0.3) is 11.3 Å². The Morgan fingerprint density at radius 2 is 2.00 bits per heavy atom. The van der Waals surface area contributed by atoms with Crippen molar-refractivity contribution in [3.63, 3.8) is 0 Å². The van der Waals surface area contributed by atoms with E-state index in [1.165, 1.54) is 6.07 Å². The smallest absolute Gasteiger partial charge is 0.190 e. The van der Waals surface area contributed by atoms with Crippen molar-refractivity contribution in [1.29, 1.82) is 5.26 Å². The fourth-order valence-corrected chi connectivity index (χ4v) is 2.04. The molecule has 2 aromatic carbocycles. The summed E-state index contributed by atoms with van der Waals surface area (Å²) in [4.78, 5) is 0. The molecular formula is C16H11FN4O. The Morgan fingerprint density at radius 1 is 1.14 bits per heavy atom. The first-order valence-corrected chi connectivity index (χ1v) is 6.55. The molecule has 0 amide bonds. The van der Waals surface area contributed by atoms with E-state index in [9.17, 15) is 4.39 Å². The van der Waals surface area contributed by atoms with E-state index < -0.39 is 5.82 Å². The van der Waals surface area contributed by atoms with Crippen LogP contribution < -0.4 is 4.74 Å². The van der Waals surface area contributed by atoms with Gasteiger partial charge in [-0.25, -0.2) is 4.39 Å². The monoisotopic (exact) mass is 294 g/mol. The lowest BCUT2D eigenvalue weighted by molar-refractivity contribution is 0.290. The lowest BCUT2D eigenvalue weighted by Gasteiger charge is -2.08. The van der Waals surface area contributed by atoms with Crippen LogP contribution in [0.2, 0.25) is 0 Å². The predicted octanol–water partition coefficient (Wildman–Crippen LogP) is 3.06. The maximum atomic E-state index is 13.5. The van der Waals surface area contributed by atoms with Crippen LogP contribution >= 0.6 is 0 Å². The Hall–Kier alpha value is -3.20. The summed E-state index contributed by atoms with van der Waals surface area (Å²) >= 11 is 0. The fourth-order valence-electron chi connectivity index (χ4n) is 2.04. The predicted molar refractivity (Wildman–Crippen MR) is 77.3 cm³/mol.